The van der Waals surface area contributed by atoms with Crippen LogP contribution in [0.4, 0.5) is 0 Å². The zero-order valence-electron chi connectivity index (χ0n) is 38.4. The molecule has 7 heteroatoms. The molecule has 0 spiro atoms. The van der Waals surface area contributed by atoms with Crippen molar-refractivity contribution in [1.29, 1.82) is 5.26 Å². The van der Waals surface area contributed by atoms with Gasteiger partial charge in [0.05, 0.1) is 36.5 Å². The molecule has 8 aliphatic carbocycles. The van der Waals surface area contributed by atoms with E-state index in [0.29, 0.717) is 35.2 Å². The maximum Gasteiger partial charge on any atom is 0.0711 e. The van der Waals surface area contributed by atoms with Crippen LogP contribution in [0.1, 0.15) is 174 Å². The molecule has 0 radical (unpaired) electrons. The average Bonchev–Trinajstić information content (AvgIpc) is 3.88. The van der Waals surface area contributed by atoms with Crippen LogP contribution in [0.5, 0.6) is 0 Å². The van der Waals surface area contributed by atoms with Gasteiger partial charge in [-0.05, 0) is 169 Å². The quantitative estimate of drug-likeness (QED) is 0.238. The molecule has 2 saturated carbocycles. The van der Waals surface area contributed by atoms with Crippen LogP contribution in [0, 0.1) is 58.2 Å². The summed E-state index contributed by atoms with van der Waals surface area (Å²) in [6.45, 7) is 5.17. The van der Waals surface area contributed by atoms with Crippen molar-refractivity contribution in [2.75, 3.05) is 0 Å². The molecule has 0 aromatic rings. The van der Waals surface area contributed by atoms with E-state index in [1.54, 1.807) is 39.5 Å². The lowest BCUT2D eigenvalue weighted by Gasteiger charge is -2.55. The van der Waals surface area contributed by atoms with Gasteiger partial charge in [-0.1, -0.05) is 70.3 Å². The molecule has 0 aromatic heterocycles. The lowest BCUT2D eigenvalue weighted by molar-refractivity contribution is 0.0672. The Kier molecular flexibility index (Phi) is 11.2. The van der Waals surface area contributed by atoms with E-state index in [4.69, 9.17) is 0 Å². The van der Waals surface area contributed by atoms with Crippen molar-refractivity contribution in [3.8, 4) is 6.07 Å². The second-order valence-electron chi connectivity index (χ2n) is 22.9. The molecule has 6 nitrogen and oxygen atoms in total. The molecule has 0 bridgehead atoms. The van der Waals surface area contributed by atoms with E-state index in [0.717, 1.165) is 23.5 Å². The number of rotatable bonds is 5. The summed E-state index contributed by atoms with van der Waals surface area (Å²) in [7, 11) is 0. The molecule has 2 saturated heterocycles. The highest BCUT2D eigenvalue weighted by molar-refractivity contribution is 8.00. The van der Waals surface area contributed by atoms with Crippen LogP contribution in [-0.2, 0) is 0 Å². The van der Waals surface area contributed by atoms with Crippen LogP contribution in [0.3, 0.4) is 0 Å². The monoisotopic (exact) mass is 855 g/mol. The molecular weight excluding hydrogens is 777 g/mol. The van der Waals surface area contributed by atoms with Gasteiger partial charge in [-0.15, -0.1) is 0 Å². The van der Waals surface area contributed by atoms with Crippen molar-refractivity contribution >= 4 is 11.8 Å². The second-order valence-corrected chi connectivity index (χ2v) is 24.3. The minimum atomic E-state index is -0.0394. The number of nitriles is 1. The van der Waals surface area contributed by atoms with Crippen molar-refractivity contribution in [1.82, 2.24) is 25.8 Å². The van der Waals surface area contributed by atoms with Gasteiger partial charge in [0.2, 0.25) is 0 Å². The minimum absolute atomic E-state index is 0.0394. The van der Waals surface area contributed by atoms with Gasteiger partial charge < -0.3 is 9.80 Å². The molecule has 0 aromatic carbocycles. The number of hydrogen-bond donors (Lipinski definition) is 3. The molecule has 3 N–H and O–H groups in total. The molecular formula is C55H78N6S. The standard InChI is InChI=1S/C55H78N6S/c1-55(2)42-24-9-13-28-46(42)61(47-29-14-10-25-43(47)55)49-32-48(60-44-26-11-6-19-36(44)37-20-7-12-27-45(37)60)35(33-56)31-41(49)54-58-52(34-17-4-3-5-18-34)57-53(59-54)40-23-16-22-39-38-21-8-15-30-50(38)62-51(39)40/h6,16,19,23,32,34-36,38-41,44,48,50-54,57-59H,3-5,7-15,17-18,20-22,24-31H2,1-2H3. The summed E-state index contributed by atoms with van der Waals surface area (Å²) in [5.41, 5.74) is 11.8. The van der Waals surface area contributed by atoms with E-state index in [2.05, 4.69) is 87.8 Å². The van der Waals surface area contributed by atoms with Crippen LogP contribution in [-0.4, -0.2) is 50.9 Å². The predicted octanol–water partition coefficient (Wildman–Crippen LogP) is 12.1. The van der Waals surface area contributed by atoms with Crippen LogP contribution in [0.15, 0.2) is 69.9 Å². The first-order valence-corrected chi connectivity index (χ1v) is 27.6. The van der Waals surface area contributed by atoms with Crippen molar-refractivity contribution < 1.29 is 0 Å². The lowest BCUT2D eigenvalue weighted by Crippen LogP contribution is -2.73. The summed E-state index contributed by atoms with van der Waals surface area (Å²) < 4.78 is 0. The maximum atomic E-state index is 11.6. The van der Waals surface area contributed by atoms with E-state index in [9.17, 15) is 5.26 Å². The Balaban J connectivity index is 0.983. The molecule has 334 valence electrons. The number of nitrogens with one attached hydrogen (secondary N) is 3. The zero-order chi connectivity index (χ0) is 41.5. The van der Waals surface area contributed by atoms with Crippen molar-refractivity contribution in [3.05, 3.63) is 69.9 Å². The van der Waals surface area contributed by atoms with E-state index < -0.39 is 0 Å². The van der Waals surface area contributed by atoms with E-state index in [1.165, 1.54) is 154 Å². The molecule has 4 fully saturated rings. The van der Waals surface area contributed by atoms with Gasteiger partial charge in [0.15, 0.2) is 0 Å². The first kappa shape index (κ1) is 41.2. The summed E-state index contributed by atoms with van der Waals surface area (Å²) in [6, 6.07) is 3.72. The minimum Gasteiger partial charge on any atom is -0.363 e. The summed E-state index contributed by atoms with van der Waals surface area (Å²) >= 11 is 2.40. The van der Waals surface area contributed by atoms with E-state index >= 15 is 0 Å². The van der Waals surface area contributed by atoms with Crippen molar-refractivity contribution in [2.24, 2.45) is 46.8 Å². The molecule has 62 heavy (non-hydrogen) atoms. The Bertz CT molecular complexity index is 1940. The van der Waals surface area contributed by atoms with Gasteiger partial charge in [0.1, 0.15) is 0 Å². The van der Waals surface area contributed by atoms with Crippen LogP contribution in [0.25, 0.3) is 0 Å². The first-order chi connectivity index (χ1) is 30.5. The smallest absolute Gasteiger partial charge is 0.0711 e. The third-order valence-corrected chi connectivity index (χ3v) is 21.4. The zero-order valence-corrected chi connectivity index (χ0v) is 39.2. The summed E-state index contributed by atoms with van der Waals surface area (Å²) in [4.78, 5) is 5.88. The molecule has 12 aliphatic rings. The largest absolute Gasteiger partial charge is 0.363 e. The Morgan fingerprint density at radius 2 is 1.39 bits per heavy atom. The highest BCUT2D eigenvalue weighted by Crippen LogP contribution is 2.58. The van der Waals surface area contributed by atoms with Crippen LogP contribution < -0.4 is 16.0 Å². The predicted molar refractivity (Wildman–Crippen MR) is 254 cm³/mol. The fourth-order valence-electron chi connectivity index (χ4n) is 16.6. The molecule has 4 heterocycles. The van der Waals surface area contributed by atoms with Crippen molar-refractivity contribution in [3.63, 3.8) is 0 Å². The lowest BCUT2D eigenvalue weighted by atomic mass is 9.65. The van der Waals surface area contributed by atoms with Gasteiger partial charge in [-0.3, -0.25) is 16.0 Å². The third kappa shape index (κ3) is 6.86. The first-order valence-electron chi connectivity index (χ1n) is 26.6. The number of allylic oxidation sites excluding steroid dienone is 7. The average molecular weight is 855 g/mol. The molecule has 4 aliphatic heterocycles. The van der Waals surface area contributed by atoms with E-state index in [-0.39, 0.29) is 35.6 Å². The Hall–Kier alpha value is -2.24. The van der Waals surface area contributed by atoms with Crippen molar-refractivity contribution in [2.45, 2.75) is 215 Å². The van der Waals surface area contributed by atoms with Gasteiger partial charge in [0, 0.05) is 62.5 Å². The number of hydrogen-bond acceptors (Lipinski definition) is 7. The topological polar surface area (TPSA) is 66.4 Å². The van der Waals surface area contributed by atoms with Crippen LogP contribution in [0.2, 0.25) is 0 Å². The fourth-order valence-corrected chi connectivity index (χ4v) is 18.7. The normalized spacial score (nSPS) is 43.0. The second kappa shape index (κ2) is 16.9. The Labute approximate surface area is 379 Å². The number of fused-ring (bicyclic) bond motifs is 5. The molecule has 13 unspecified atom stereocenters. The van der Waals surface area contributed by atoms with Gasteiger partial charge >= 0.3 is 0 Å². The maximum absolute atomic E-state index is 11.6. The van der Waals surface area contributed by atoms with Gasteiger partial charge in [-0.2, -0.15) is 17.0 Å². The van der Waals surface area contributed by atoms with Gasteiger partial charge in [0.25, 0.3) is 0 Å². The number of thioether (sulfide) groups is 1. The summed E-state index contributed by atoms with van der Waals surface area (Å²) in [5, 5.41) is 26.4. The highest BCUT2D eigenvalue weighted by Gasteiger charge is 2.54. The van der Waals surface area contributed by atoms with Gasteiger partial charge in [-0.25, -0.2) is 0 Å². The fraction of sp³-hybridized carbons (Fsp3) is 0.764. The van der Waals surface area contributed by atoms with Crippen LogP contribution >= 0.6 is 11.8 Å². The van der Waals surface area contributed by atoms with E-state index in [1.807, 2.05) is 0 Å². The molecule has 12 rings (SSSR count). The SMILES string of the molecule is CC1(C)C2=C(CCCC2)N(C2=CC(N3C4=C(CCCC4)C4C=CCCC43)C(C#N)CC2C2NC(C3CCCCC3)NC(C3C=CCC4C5CCCCC5SC34)N2)C2=C1CCCC2. The summed E-state index contributed by atoms with van der Waals surface area (Å²) in [6.07, 6.45) is 45.9. The Morgan fingerprint density at radius 3 is 2.18 bits per heavy atom. The molecule has 0 amide bonds. The molecule has 13 atom stereocenters. The number of nitrogens with zero attached hydrogens (tertiary/aromatic N) is 3. The highest BCUT2D eigenvalue weighted by atomic mass is 32.2. The third-order valence-electron chi connectivity index (χ3n) is 19.4. The summed E-state index contributed by atoms with van der Waals surface area (Å²) in [5.74, 6) is 3.59. The Morgan fingerprint density at radius 1 is 0.694 bits per heavy atom.